The van der Waals surface area contributed by atoms with Crippen molar-refractivity contribution in [3.8, 4) is 0 Å². The maximum absolute atomic E-state index is 4.22. The highest BCUT2D eigenvalue weighted by molar-refractivity contribution is 4.89. The maximum Gasteiger partial charge on any atom is 0.105 e. The van der Waals surface area contributed by atoms with E-state index in [-0.39, 0.29) is 0 Å². The molecule has 80 valence electrons. The second-order valence-electron chi connectivity index (χ2n) is 3.69. The highest BCUT2D eigenvalue weighted by Gasteiger charge is 2.06. The van der Waals surface area contributed by atoms with Gasteiger partial charge in [0, 0.05) is 25.0 Å². The Hall–Kier alpha value is -0.830. The molecule has 1 N–H and O–H groups in total. The number of aromatic nitrogens is 2. The summed E-state index contributed by atoms with van der Waals surface area (Å²) in [6.07, 6.45) is 6.27. The van der Waals surface area contributed by atoms with Crippen molar-refractivity contribution in [3.05, 3.63) is 18.2 Å². The van der Waals surface area contributed by atoms with Crippen molar-refractivity contribution in [2.75, 3.05) is 6.54 Å². The van der Waals surface area contributed by atoms with Gasteiger partial charge in [-0.2, -0.15) is 0 Å². The van der Waals surface area contributed by atoms with E-state index in [2.05, 4.69) is 28.7 Å². The van der Waals surface area contributed by atoms with Crippen molar-refractivity contribution in [1.29, 1.82) is 0 Å². The normalized spacial score (nSPS) is 13.1. The summed E-state index contributed by atoms with van der Waals surface area (Å²) >= 11 is 0. The minimum atomic E-state index is 0.572. The molecular weight excluding hydrogens is 174 g/mol. The number of hydrogen-bond donors (Lipinski definition) is 1. The molecule has 0 saturated heterocycles. The van der Waals surface area contributed by atoms with Crippen LogP contribution in [0.2, 0.25) is 0 Å². The standard InChI is InChI=1S/C11H21N3/c1-4-6-13-11(5-2)9-14-8-7-12-10(14)3/h7-8,11,13H,4-6,9H2,1-3H3. The van der Waals surface area contributed by atoms with Crippen LogP contribution >= 0.6 is 0 Å². The van der Waals surface area contributed by atoms with E-state index in [4.69, 9.17) is 0 Å². The maximum atomic E-state index is 4.22. The Morgan fingerprint density at radius 3 is 2.79 bits per heavy atom. The zero-order valence-corrected chi connectivity index (χ0v) is 9.45. The smallest absolute Gasteiger partial charge is 0.105 e. The first-order chi connectivity index (χ1) is 6.77. The first-order valence-corrected chi connectivity index (χ1v) is 5.49. The van der Waals surface area contributed by atoms with Crippen LogP contribution in [0.1, 0.15) is 32.5 Å². The first kappa shape index (κ1) is 11.2. The van der Waals surface area contributed by atoms with Gasteiger partial charge in [-0.3, -0.25) is 0 Å². The number of imidazole rings is 1. The van der Waals surface area contributed by atoms with E-state index in [1.54, 1.807) is 0 Å². The Bertz CT molecular complexity index is 255. The number of aryl methyl sites for hydroxylation is 1. The monoisotopic (exact) mass is 195 g/mol. The van der Waals surface area contributed by atoms with Crippen molar-refractivity contribution in [3.63, 3.8) is 0 Å². The van der Waals surface area contributed by atoms with Crippen molar-refractivity contribution in [2.24, 2.45) is 0 Å². The lowest BCUT2D eigenvalue weighted by atomic mass is 10.2. The quantitative estimate of drug-likeness (QED) is 0.752. The van der Waals surface area contributed by atoms with Gasteiger partial charge in [-0.05, 0) is 26.3 Å². The zero-order chi connectivity index (χ0) is 10.4. The van der Waals surface area contributed by atoms with E-state index in [1.807, 2.05) is 19.3 Å². The summed E-state index contributed by atoms with van der Waals surface area (Å²) in [6, 6.07) is 0.572. The van der Waals surface area contributed by atoms with Crippen molar-refractivity contribution < 1.29 is 0 Å². The van der Waals surface area contributed by atoms with Crippen LogP contribution in [0.5, 0.6) is 0 Å². The topological polar surface area (TPSA) is 29.9 Å². The van der Waals surface area contributed by atoms with E-state index in [9.17, 15) is 0 Å². The van der Waals surface area contributed by atoms with Crippen molar-refractivity contribution >= 4 is 0 Å². The molecule has 0 aliphatic rings. The molecule has 0 radical (unpaired) electrons. The lowest BCUT2D eigenvalue weighted by molar-refractivity contribution is 0.432. The van der Waals surface area contributed by atoms with Crippen LogP contribution in [0.4, 0.5) is 0 Å². The average Bonchev–Trinajstić information content (AvgIpc) is 2.59. The van der Waals surface area contributed by atoms with Crippen LogP contribution in [0.3, 0.4) is 0 Å². The summed E-state index contributed by atoms with van der Waals surface area (Å²) in [7, 11) is 0. The van der Waals surface area contributed by atoms with Gasteiger partial charge in [0.05, 0.1) is 0 Å². The van der Waals surface area contributed by atoms with Gasteiger partial charge in [0.2, 0.25) is 0 Å². The molecule has 3 heteroatoms. The fourth-order valence-corrected chi connectivity index (χ4v) is 1.52. The lowest BCUT2D eigenvalue weighted by Gasteiger charge is -2.17. The number of nitrogens with zero attached hydrogens (tertiary/aromatic N) is 2. The SMILES string of the molecule is CCCNC(CC)Cn1ccnc1C. The summed E-state index contributed by atoms with van der Waals surface area (Å²) < 4.78 is 2.21. The summed E-state index contributed by atoms with van der Waals surface area (Å²) in [4.78, 5) is 4.22. The molecule has 1 rings (SSSR count). The second-order valence-corrected chi connectivity index (χ2v) is 3.69. The van der Waals surface area contributed by atoms with Gasteiger partial charge in [0.15, 0.2) is 0 Å². The minimum Gasteiger partial charge on any atom is -0.334 e. The highest BCUT2D eigenvalue weighted by Crippen LogP contribution is 2.00. The van der Waals surface area contributed by atoms with Crippen LogP contribution in [-0.4, -0.2) is 22.1 Å². The largest absolute Gasteiger partial charge is 0.334 e. The van der Waals surface area contributed by atoms with Crippen LogP contribution < -0.4 is 5.32 Å². The molecule has 1 heterocycles. The van der Waals surface area contributed by atoms with E-state index in [0.717, 1.165) is 25.3 Å². The predicted octanol–water partition coefficient (Wildman–Crippen LogP) is 1.97. The van der Waals surface area contributed by atoms with Crippen molar-refractivity contribution in [1.82, 2.24) is 14.9 Å². The molecule has 0 aromatic carbocycles. The van der Waals surface area contributed by atoms with Crippen LogP contribution in [0.25, 0.3) is 0 Å². The molecule has 14 heavy (non-hydrogen) atoms. The Labute approximate surface area is 86.5 Å². The zero-order valence-electron chi connectivity index (χ0n) is 9.45. The Morgan fingerprint density at radius 1 is 1.50 bits per heavy atom. The molecule has 0 amide bonds. The van der Waals surface area contributed by atoms with Crippen LogP contribution in [-0.2, 0) is 6.54 Å². The highest BCUT2D eigenvalue weighted by atomic mass is 15.1. The van der Waals surface area contributed by atoms with E-state index in [1.165, 1.54) is 6.42 Å². The number of nitrogens with one attached hydrogen (secondary N) is 1. The number of rotatable bonds is 6. The van der Waals surface area contributed by atoms with Gasteiger partial charge in [-0.15, -0.1) is 0 Å². The fraction of sp³-hybridized carbons (Fsp3) is 0.727. The van der Waals surface area contributed by atoms with Gasteiger partial charge in [-0.1, -0.05) is 13.8 Å². The molecular formula is C11H21N3. The third kappa shape index (κ3) is 3.14. The second kappa shape index (κ2) is 5.81. The lowest BCUT2D eigenvalue weighted by Crippen LogP contribution is -2.33. The van der Waals surface area contributed by atoms with Gasteiger partial charge < -0.3 is 9.88 Å². The molecule has 0 saturated carbocycles. The molecule has 0 aliphatic heterocycles. The summed E-state index contributed by atoms with van der Waals surface area (Å²) in [5, 5.41) is 3.54. The first-order valence-electron chi connectivity index (χ1n) is 5.49. The van der Waals surface area contributed by atoms with E-state index < -0.39 is 0 Å². The Balaban J connectivity index is 2.44. The average molecular weight is 195 g/mol. The van der Waals surface area contributed by atoms with Crippen LogP contribution in [0, 0.1) is 6.92 Å². The van der Waals surface area contributed by atoms with Crippen molar-refractivity contribution in [2.45, 2.75) is 46.2 Å². The molecule has 1 aromatic rings. The predicted molar refractivity (Wildman–Crippen MR) is 59.3 cm³/mol. The molecule has 0 bridgehead atoms. The van der Waals surface area contributed by atoms with Gasteiger partial charge >= 0.3 is 0 Å². The van der Waals surface area contributed by atoms with E-state index >= 15 is 0 Å². The molecule has 1 aromatic heterocycles. The molecule has 1 atom stereocenters. The van der Waals surface area contributed by atoms with Gasteiger partial charge in [0.1, 0.15) is 5.82 Å². The molecule has 3 nitrogen and oxygen atoms in total. The number of hydrogen-bond acceptors (Lipinski definition) is 2. The summed E-state index contributed by atoms with van der Waals surface area (Å²) in [6.45, 7) is 8.60. The third-order valence-electron chi connectivity index (χ3n) is 2.52. The summed E-state index contributed by atoms with van der Waals surface area (Å²) in [5.74, 6) is 1.10. The third-order valence-corrected chi connectivity index (χ3v) is 2.52. The molecule has 1 unspecified atom stereocenters. The molecule has 0 fully saturated rings. The van der Waals surface area contributed by atoms with E-state index in [0.29, 0.717) is 6.04 Å². The fourth-order valence-electron chi connectivity index (χ4n) is 1.52. The van der Waals surface area contributed by atoms with Gasteiger partial charge in [-0.25, -0.2) is 4.98 Å². The Morgan fingerprint density at radius 2 is 2.29 bits per heavy atom. The molecule has 0 spiro atoms. The van der Waals surface area contributed by atoms with Crippen LogP contribution in [0.15, 0.2) is 12.4 Å². The summed E-state index contributed by atoms with van der Waals surface area (Å²) in [5.41, 5.74) is 0. The Kier molecular flexibility index (Phi) is 4.66. The molecule has 0 aliphatic carbocycles. The minimum absolute atomic E-state index is 0.572. The van der Waals surface area contributed by atoms with Gasteiger partial charge in [0.25, 0.3) is 0 Å².